The molecule has 0 bridgehead atoms. The van der Waals surface area contributed by atoms with Gasteiger partial charge in [0, 0.05) is 46.9 Å². The molecule has 2 amide bonds. The van der Waals surface area contributed by atoms with E-state index in [0.29, 0.717) is 61.8 Å². The van der Waals surface area contributed by atoms with E-state index in [2.05, 4.69) is 38.3 Å². The van der Waals surface area contributed by atoms with Crippen LogP contribution < -0.4 is 15.4 Å². The molecule has 48 heavy (non-hydrogen) atoms. The molecule has 1 aromatic heterocycles. The minimum absolute atomic E-state index is 0.260. The van der Waals surface area contributed by atoms with Crippen LogP contribution in [0.25, 0.3) is 28.2 Å². The number of hydrogen-bond acceptors (Lipinski definition) is 5. The van der Waals surface area contributed by atoms with Crippen LogP contribution in [-0.4, -0.2) is 64.6 Å². The zero-order valence-corrected chi connectivity index (χ0v) is 27.3. The summed E-state index contributed by atoms with van der Waals surface area (Å²) in [4.78, 5) is 41.1. The van der Waals surface area contributed by atoms with Gasteiger partial charge < -0.3 is 29.9 Å². The Morgan fingerprint density at radius 2 is 1.69 bits per heavy atom. The van der Waals surface area contributed by atoms with Crippen molar-refractivity contribution in [3.05, 3.63) is 89.5 Å². The number of anilines is 1. The van der Waals surface area contributed by atoms with Crippen LogP contribution in [-0.2, 0) is 16.1 Å². The third kappa shape index (κ3) is 6.22. The van der Waals surface area contributed by atoms with Crippen molar-refractivity contribution < 1.29 is 24.2 Å². The standard InChI is InChI=1S/C39H42N4O5/c1-42-21-19-39(20-22-42,38(47)40-29-15-11-26(12-16-29)13-18-34(44)45)41-37(46)28-14-17-30-32(25-28)43-23-24-48-33-10-6-5-9-31(33)36(43)35(30)27-7-3-2-4-8-27/h5-6,9-18,25,27H,2-4,7-8,19-24H2,1H3,(H,40,47)(H,41,46)(H,44,45). The van der Waals surface area contributed by atoms with E-state index < -0.39 is 11.5 Å². The number of piperidine rings is 1. The molecule has 3 heterocycles. The lowest BCUT2D eigenvalue weighted by Gasteiger charge is -2.40. The van der Waals surface area contributed by atoms with Crippen LogP contribution in [0.1, 0.15) is 72.3 Å². The number of carbonyl (C=O) groups excluding carboxylic acids is 2. The number of aliphatic carboxylic acids is 1. The van der Waals surface area contributed by atoms with Crippen LogP contribution in [0.4, 0.5) is 5.69 Å². The number of para-hydroxylation sites is 1. The van der Waals surface area contributed by atoms with Gasteiger partial charge in [-0.2, -0.15) is 0 Å². The molecule has 1 aliphatic carbocycles. The van der Waals surface area contributed by atoms with Gasteiger partial charge in [-0.25, -0.2) is 4.79 Å². The summed E-state index contributed by atoms with van der Waals surface area (Å²) in [6.45, 7) is 2.56. The predicted molar refractivity (Wildman–Crippen MR) is 187 cm³/mol. The molecular weight excluding hydrogens is 604 g/mol. The highest BCUT2D eigenvalue weighted by molar-refractivity contribution is 6.06. The van der Waals surface area contributed by atoms with E-state index in [1.165, 1.54) is 42.0 Å². The molecule has 2 aliphatic heterocycles. The van der Waals surface area contributed by atoms with Gasteiger partial charge in [0.2, 0.25) is 5.91 Å². The lowest BCUT2D eigenvalue weighted by molar-refractivity contribution is -0.131. The van der Waals surface area contributed by atoms with E-state index in [-0.39, 0.29) is 11.8 Å². The summed E-state index contributed by atoms with van der Waals surface area (Å²) in [5, 5.41) is 16.3. The van der Waals surface area contributed by atoms with E-state index in [0.717, 1.165) is 35.7 Å². The van der Waals surface area contributed by atoms with E-state index in [1.807, 2.05) is 31.3 Å². The largest absolute Gasteiger partial charge is 0.491 e. The van der Waals surface area contributed by atoms with Gasteiger partial charge in [0.15, 0.2) is 0 Å². The van der Waals surface area contributed by atoms with Gasteiger partial charge in [-0.3, -0.25) is 9.59 Å². The number of fused-ring (bicyclic) bond motifs is 5. The fourth-order valence-electron chi connectivity index (χ4n) is 7.67. The quantitative estimate of drug-likeness (QED) is 0.193. The first-order chi connectivity index (χ1) is 23.3. The third-order valence-electron chi connectivity index (χ3n) is 10.3. The fourth-order valence-corrected chi connectivity index (χ4v) is 7.67. The number of amides is 2. The Hall–Kier alpha value is -4.89. The number of carboxylic acid groups (broad SMARTS) is 1. The summed E-state index contributed by atoms with van der Waals surface area (Å²) in [5.74, 6) is -0.204. The number of hydrogen-bond donors (Lipinski definition) is 3. The number of nitrogens with zero attached hydrogens (tertiary/aromatic N) is 2. The van der Waals surface area contributed by atoms with Crippen molar-refractivity contribution in [2.75, 3.05) is 32.1 Å². The van der Waals surface area contributed by atoms with Crippen LogP contribution >= 0.6 is 0 Å². The SMILES string of the molecule is CN1CCC(NC(=O)c2ccc3c(C4CCCCC4)c4n(c3c2)CCOc2ccccc2-4)(C(=O)Nc2ccc(C=CC(=O)O)cc2)CC1. The highest BCUT2D eigenvalue weighted by atomic mass is 16.5. The van der Waals surface area contributed by atoms with E-state index >= 15 is 0 Å². The van der Waals surface area contributed by atoms with E-state index in [4.69, 9.17) is 9.84 Å². The number of carboxylic acids is 1. The van der Waals surface area contributed by atoms with E-state index in [1.54, 1.807) is 24.3 Å². The summed E-state index contributed by atoms with van der Waals surface area (Å²) in [6.07, 6.45) is 9.55. The Balaban J connectivity index is 1.21. The molecule has 3 aromatic carbocycles. The maximum absolute atomic E-state index is 14.1. The number of benzene rings is 3. The zero-order valence-electron chi connectivity index (χ0n) is 27.3. The van der Waals surface area contributed by atoms with Gasteiger partial charge in [0.05, 0.1) is 12.2 Å². The van der Waals surface area contributed by atoms with Crippen LogP contribution in [0.15, 0.2) is 72.8 Å². The van der Waals surface area contributed by atoms with Crippen molar-refractivity contribution in [3.63, 3.8) is 0 Å². The van der Waals surface area contributed by atoms with Gasteiger partial charge in [-0.15, -0.1) is 0 Å². The topological polar surface area (TPSA) is 113 Å². The van der Waals surface area contributed by atoms with Crippen molar-refractivity contribution in [2.45, 2.75) is 62.9 Å². The first-order valence-electron chi connectivity index (χ1n) is 17.0. The fraction of sp³-hybridized carbons (Fsp3) is 0.359. The minimum atomic E-state index is -1.09. The van der Waals surface area contributed by atoms with Gasteiger partial charge in [0.25, 0.3) is 5.91 Å². The molecule has 9 heteroatoms. The van der Waals surface area contributed by atoms with Crippen molar-refractivity contribution >= 4 is 40.4 Å². The number of rotatable bonds is 7. The van der Waals surface area contributed by atoms with Gasteiger partial charge >= 0.3 is 5.97 Å². The summed E-state index contributed by atoms with van der Waals surface area (Å²) in [6, 6.07) is 21.3. The molecule has 4 aromatic rings. The smallest absolute Gasteiger partial charge is 0.328 e. The average molecular weight is 647 g/mol. The van der Waals surface area contributed by atoms with Crippen LogP contribution in [0.2, 0.25) is 0 Å². The molecule has 3 aliphatic rings. The van der Waals surface area contributed by atoms with Crippen molar-refractivity contribution in [2.24, 2.45) is 0 Å². The maximum atomic E-state index is 14.1. The average Bonchev–Trinajstić information content (AvgIpc) is 3.30. The van der Waals surface area contributed by atoms with Crippen LogP contribution in [0.5, 0.6) is 5.75 Å². The lowest BCUT2D eigenvalue weighted by Crippen LogP contribution is -2.61. The van der Waals surface area contributed by atoms with Crippen molar-refractivity contribution in [3.8, 4) is 17.0 Å². The first kappa shape index (κ1) is 31.7. The Morgan fingerprint density at radius 1 is 0.938 bits per heavy atom. The second kappa shape index (κ2) is 13.3. The molecule has 0 atom stereocenters. The summed E-state index contributed by atoms with van der Waals surface area (Å²) >= 11 is 0. The van der Waals surface area contributed by atoms with Crippen molar-refractivity contribution in [1.82, 2.24) is 14.8 Å². The Bertz CT molecular complexity index is 1880. The first-order valence-corrected chi connectivity index (χ1v) is 17.0. The molecule has 7 rings (SSSR count). The second-order valence-corrected chi connectivity index (χ2v) is 13.4. The molecule has 2 fully saturated rings. The molecule has 1 saturated carbocycles. The van der Waals surface area contributed by atoms with Crippen LogP contribution in [0, 0.1) is 0 Å². The van der Waals surface area contributed by atoms with Crippen LogP contribution in [0.3, 0.4) is 0 Å². The summed E-state index contributed by atoms with van der Waals surface area (Å²) in [7, 11) is 2.02. The second-order valence-electron chi connectivity index (χ2n) is 13.4. The van der Waals surface area contributed by atoms with Gasteiger partial charge in [-0.05, 0) is 92.2 Å². The monoisotopic (exact) mass is 646 g/mol. The summed E-state index contributed by atoms with van der Waals surface area (Å²) < 4.78 is 8.55. The number of carbonyl (C=O) groups is 3. The lowest BCUT2D eigenvalue weighted by atomic mass is 9.81. The Morgan fingerprint density at radius 3 is 2.44 bits per heavy atom. The normalized spacial score (nSPS) is 18.0. The van der Waals surface area contributed by atoms with Crippen molar-refractivity contribution in [1.29, 1.82) is 0 Å². The zero-order chi connectivity index (χ0) is 33.3. The van der Waals surface area contributed by atoms with E-state index in [9.17, 15) is 14.4 Å². The number of likely N-dealkylation sites (tertiary alicyclic amines) is 1. The highest BCUT2D eigenvalue weighted by Crippen LogP contribution is 2.47. The Kier molecular flexibility index (Phi) is 8.79. The highest BCUT2D eigenvalue weighted by Gasteiger charge is 2.42. The number of ether oxygens (including phenoxy) is 1. The van der Waals surface area contributed by atoms with Gasteiger partial charge in [-0.1, -0.05) is 49.6 Å². The molecule has 1 saturated heterocycles. The minimum Gasteiger partial charge on any atom is -0.491 e. The molecule has 0 radical (unpaired) electrons. The third-order valence-corrected chi connectivity index (χ3v) is 10.3. The summed E-state index contributed by atoms with van der Waals surface area (Å²) in [5.41, 5.74) is 5.42. The maximum Gasteiger partial charge on any atom is 0.328 e. The Labute approximate surface area is 280 Å². The molecule has 0 spiro atoms. The number of nitrogens with one attached hydrogen (secondary N) is 2. The van der Waals surface area contributed by atoms with Gasteiger partial charge in [0.1, 0.15) is 17.9 Å². The number of aromatic nitrogens is 1. The molecule has 0 unspecified atom stereocenters. The molecule has 9 nitrogen and oxygen atoms in total. The molecule has 248 valence electrons. The predicted octanol–water partition coefficient (Wildman–Crippen LogP) is 6.68. The molecule has 3 N–H and O–H groups in total. The molecular formula is C39H42N4O5.